The van der Waals surface area contributed by atoms with Crippen LogP contribution in [0.3, 0.4) is 0 Å². The maximum atomic E-state index is 12.1. The second-order valence-corrected chi connectivity index (χ2v) is 5.93. The SMILES string of the molecule is C[C@H](CCc1ccccc1)NC(=O)[C@H](C)OC(=O)c1cc[n+]([O-])cc1. The molecule has 6 nitrogen and oxygen atoms in total. The summed E-state index contributed by atoms with van der Waals surface area (Å²) in [6, 6.07) is 12.7. The van der Waals surface area contributed by atoms with Gasteiger partial charge in [-0.15, -0.1) is 0 Å². The van der Waals surface area contributed by atoms with Gasteiger partial charge in [-0.2, -0.15) is 4.73 Å². The highest BCUT2D eigenvalue weighted by atomic mass is 16.5. The number of aryl methyl sites for hydroxylation is 1. The van der Waals surface area contributed by atoms with Crippen LogP contribution in [-0.2, 0) is 16.0 Å². The first-order valence-electron chi connectivity index (χ1n) is 8.20. The van der Waals surface area contributed by atoms with Crippen molar-refractivity contribution in [2.75, 3.05) is 0 Å². The number of carbonyl (C=O) groups excluding carboxylic acids is 2. The topological polar surface area (TPSA) is 82.3 Å². The van der Waals surface area contributed by atoms with Gasteiger partial charge in [-0.3, -0.25) is 4.79 Å². The summed E-state index contributed by atoms with van der Waals surface area (Å²) in [6.07, 6.45) is 3.14. The van der Waals surface area contributed by atoms with Crippen molar-refractivity contribution >= 4 is 11.9 Å². The number of amides is 1. The maximum absolute atomic E-state index is 12.1. The van der Waals surface area contributed by atoms with Gasteiger partial charge in [0.05, 0.1) is 5.56 Å². The number of nitrogens with zero attached hydrogens (tertiary/aromatic N) is 1. The summed E-state index contributed by atoms with van der Waals surface area (Å²) in [4.78, 5) is 24.1. The molecular weight excluding hydrogens is 320 g/mol. The summed E-state index contributed by atoms with van der Waals surface area (Å²) < 4.78 is 5.71. The fraction of sp³-hybridized carbons (Fsp3) is 0.316. The van der Waals surface area contributed by atoms with Gasteiger partial charge in [0.25, 0.3) is 5.91 Å². The lowest BCUT2D eigenvalue weighted by molar-refractivity contribution is -0.605. The van der Waals surface area contributed by atoms with Crippen LogP contribution in [-0.4, -0.2) is 24.0 Å². The van der Waals surface area contributed by atoms with Crippen LogP contribution < -0.4 is 10.0 Å². The van der Waals surface area contributed by atoms with Crippen LogP contribution >= 0.6 is 0 Å². The van der Waals surface area contributed by atoms with E-state index < -0.39 is 12.1 Å². The molecule has 132 valence electrons. The van der Waals surface area contributed by atoms with Gasteiger partial charge in [0.2, 0.25) is 0 Å². The number of ether oxygens (including phenoxy) is 1. The smallest absolute Gasteiger partial charge is 0.339 e. The van der Waals surface area contributed by atoms with E-state index in [1.807, 2.05) is 37.3 Å². The molecule has 0 aliphatic heterocycles. The van der Waals surface area contributed by atoms with Crippen molar-refractivity contribution in [1.29, 1.82) is 0 Å². The van der Waals surface area contributed by atoms with Crippen LogP contribution in [0.4, 0.5) is 0 Å². The minimum absolute atomic E-state index is 0.0370. The Hall–Kier alpha value is -2.89. The Balaban J connectivity index is 1.79. The minimum Gasteiger partial charge on any atom is -0.619 e. The molecule has 6 heteroatoms. The Morgan fingerprint density at radius 2 is 1.76 bits per heavy atom. The largest absolute Gasteiger partial charge is 0.619 e. The zero-order valence-electron chi connectivity index (χ0n) is 14.3. The summed E-state index contributed by atoms with van der Waals surface area (Å²) in [5, 5.41) is 13.8. The monoisotopic (exact) mass is 342 g/mol. The highest BCUT2D eigenvalue weighted by Gasteiger charge is 2.20. The summed E-state index contributed by atoms with van der Waals surface area (Å²) in [5.41, 5.74) is 1.44. The first-order chi connectivity index (χ1) is 12.0. The predicted molar refractivity (Wildman–Crippen MR) is 92.6 cm³/mol. The minimum atomic E-state index is -0.911. The lowest BCUT2D eigenvalue weighted by Gasteiger charge is -2.18. The van der Waals surface area contributed by atoms with Crippen molar-refractivity contribution in [3.05, 3.63) is 71.2 Å². The van der Waals surface area contributed by atoms with Gasteiger partial charge >= 0.3 is 5.97 Å². The third-order valence-electron chi connectivity index (χ3n) is 3.79. The van der Waals surface area contributed by atoms with Crippen LogP contribution in [0.5, 0.6) is 0 Å². The highest BCUT2D eigenvalue weighted by Crippen LogP contribution is 2.06. The fourth-order valence-corrected chi connectivity index (χ4v) is 2.29. The molecule has 1 aromatic heterocycles. The van der Waals surface area contributed by atoms with Crippen molar-refractivity contribution < 1.29 is 19.1 Å². The van der Waals surface area contributed by atoms with Gasteiger partial charge in [0.15, 0.2) is 18.5 Å². The Kier molecular flexibility index (Phi) is 6.51. The molecule has 0 fully saturated rings. The molecule has 0 unspecified atom stereocenters. The van der Waals surface area contributed by atoms with Crippen LogP contribution in [0.1, 0.15) is 36.2 Å². The highest BCUT2D eigenvalue weighted by molar-refractivity contribution is 5.92. The van der Waals surface area contributed by atoms with E-state index in [0.717, 1.165) is 12.8 Å². The van der Waals surface area contributed by atoms with Gasteiger partial charge in [0.1, 0.15) is 0 Å². The van der Waals surface area contributed by atoms with Crippen molar-refractivity contribution in [3.63, 3.8) is 0 Å². The van der Waals surface area contributed by atoms with E-state index in [0.29, 0.717) is 4.73 Å². The molecule has 1 N–H and O–H groups in total. The summed E-state index contributed by atoms with van der Waals surface area (Å²) in [6.45, 7) is 3.44. The van der Waals surface area contributed by atoms with E-state index >= 15 is 0 Å². The van der Waals surface area contributed by atoms with Gasteiger partial charge in [0, 0.05) is 18.2 Å². The Morgan fingerprint density at radius 3 is 2.40 bits per heavy atom. The normalized spacial score (nSPS) is 12.9. The quantitative estimate of drug-likeness (QED) is 0.474. The lowest BCUT2D eigenvalue weighted by Crippen LogP contribution is -2.41. The lowest BCUT2D eigenvalue weighted by atomic mass is 10.1. The van der Waals surface area contributed by atoms with Gasteiger partial charge in [-0.05, 0) is 32.3 Å². The molecule has 1 heterocycles. The molecule has 2 atom stereocenters. The zero-order chi connectivity index (χ0) is 18.2. The third kappa shape index (κ3) is 5.91. The van der Waals surface area contributed by atoms with Crippen molar-refractivity contribution in [3.8, 4) is 0 Å². The number of rotatable bonds is 7. The molecular formula is C19H22N2O4. The number of hydrogen-bond acceptors (Lipinski definition) is 4. The maximum Gasteiger partial charge on any atom is 0.339 e. The molecule has 0 bridgehead atoms. The molecule has 2 rings (SSSR count). The summed E-state index contributed by atoms with van der Waals surface area (Å²) >= 11 is 0. The number of esters is 1. The van der Waals surface area contributed by atoms with Crippen LogP contribution in [0, 0.1) is 5.21 Å². The van der Waals surface area contributed by atoms with E-state index in [-0.39, 0.29) is 17.5 Å². The second-order valence-electron chi connectivity index (χ2n) is 5.93. The van der Waals surface area contributed by atoms with E-state index in [9.17, 15) is 14.8 Å². The van der Waals surface area contributed by atoms with E-state index in [2.05, 4.69) is 5.32 Å². The average Bonchev–Trinajstić information content (AvgIpc) is 2.61. The standard InChI is InChI=1S/C19H22N2O4/c1-14(8-9-16-6-4-3-5-7-16)20-18(22)15(2)25-19(23)17-10-12-21(24)13-11-17/h3-7,10-15H,8-9H2,1-2H3,(H,20,22)/t14-,15+/m1/s1. The van der Waals surface area contributed by atoms with Gasteiger partial charge < -0.3 is 15.3 Å². The Bertz CT molecular complexity index is 701. The van der Waals surface area contributed by atoms with E-state index in [1.54, 1.807) is 0 Å². The number of aromatic nitrogens is 1. The Morgan fingerprint density at radius 1 is 1.12 bits per heavy atom. The zero-order valence-corrected chi connectivity index (χ0v) is 14.3. The molecule has 1 amide bonds. The van der Waals surface area contributed by atoms with Crippen molar-refractivity contribution in [2.45, 2.75) is 38.8 Å². The molecule has 0 aliphatic carbocycles. The number of hydrogen-bond donors (Lipinski definition) is 1. The number of pyridine rings is 1. The number of nitrogens with one attached hydrogen (secondary N) is 1. The number of benzene rings is 1. The Labute approximate surface area is 147 Å². The average molecular weight is 342 g/mol. The second kappa shape index (κ2) is 8.82. The molecule has 0 saturated heterocycles. The predicted octanol–water partition coefficient (Wildman–Crippen LogP) is 2.00. The van der Waals surface area contributed by atoms with Crippen molar-refractivity contribution in [2.24, 2.45) is 0 Å². The first kappa shape index (κ1) is 18.4. The summed E-state index contributed by atoms with van der Waals surface area (Å²) in [7, 11) is 0. The molecule has 0 radical (unpaired) electrons. The molecule has 1 aromatic carbocycles. The fourth-order valence-electron chi connectivity index (χ4n) is 2.29. The first-order valence-corrected chi connectivity index (χ1v) is 8.20. The van der Waals surface area contributed by atoms with E-state index in [4.69, 9.17) is 4.74 Å². The van der Waals surface area contributed by atoms with Gasteiger partial charge in [-0.25, -0.2) is 4.79 Å². The van der Waals surface area contributed by atoms with E-state index in [1.165, 1.54) is 37.0 Å². The van der Waals surface area contributed by atoms with Gasteiger partial charge in [-0.1, -0.05) is 30.3 Å². The molecule has 0 aliphatic rings. The number of carbonyl (C=O) groups is 2. The van der Waals surface area contributed by atoms with Crippen LogP contribution in [0.15, 0.2) is 54.9 Å². The van der Waals surface area contributed by atoms with Crippen LogP contribution in [0.2, 0.25) is 0 Å². The summed E-state index contributed by atoms with van der Waals surface area (Å²) in [5.74, 6) is -0.982. The molecule has 2 aromatic rings. The van der Waals surface area contributed by atoms with Crippen LogP contribution in [0.25, 0.3) is 0 Å². The third-order valence-corrected chi connectivity index (χ3v) is 3.79. The molecule has 0 spiro atoms. The van der Waals surface area contributed by atoms with Crippen molar-refractivity contribution in [1.82, 2.24) is 5.32 Å². The molecule has 0 saturated carbocycles. The molecule has 25 heavy (non-hydrogen) atoms.